The van der Waals surface area contributed by atoms with Gasteiger partial charge in [-0.05, 0) is 49.4 Å². The zero-order valence-corrected chi connectivity index (χ0v) is 12.5. The minimum absolute atomic E-state index is 0.166. The Labute approximate surface area is 125 Å². The van der Waals surface area contributed by atoms with Crippen LogP contribution in [0.4, 0.5) is 4.39 Å². The van der Waals surface area contributed by atoms with E-state index in [4.69, 9.17) is 0 Å². The van der Waals surface area contributed by atoms with E-state index in [1.165, 1.54) is 12.5 Å². The van der Waals surface area contributed by atoms with Crippen molar-refractivity contribution >= 4 is 5.91 Å². The van der Waals surface area contributed by atoms with Gasteiger partial charge in [-0.2, -0.15) is 0 Å². The topological polar surface area (TPSA) is 41.1 Å². The van der Waals surface area contributed by atoms with E-state index in [2.05, 4.69) is 10.6 Å². The third kappa shape index (κ3) is 2.69. The third-order valence-corrected chi connectivity index (χ3v) is 5.17. The molecule has 1 aliphatic carbocycles. The summed E-state index contributed by atoms with van der Waals surface area (Å²) in [6.45, 7) is 3.99. The van der Waals surface area contributed by atoms with Gasteiger partial charge in [-0.3, -0.25) is 4.79 Å². The monoisotopic (exact) mass is 290 g/mol. The van der Waals surface area contributed by atoms with Crippen LogP contribution in [-0.2, 0) is 11.3 Å². The van der Waals surface area contributed by atoms with Crippen LogP contribution >= 0.6 is 0 Å². The number of halogens is 1. The Morgan fingerprint density at radius 2 is 2.33 bits per heavy atom. The van der Waals surface area contributed by atoms with Crippen LogP contribution < -0.4 is 10.6 Å². The van der Waals surface area contributed by atoms with Gasteiger partial charge in [-0.1, -0.05) is 25.0 Å². The minimum atomic E-state index is -0.215. The van der Waals surface area contributed by atoms with Crippen LogP contribution in [-0.4, -0.2) is 19.0 Å². The lowest BCUT2D eigenvalue weighted by Crippen LogP contribution is -2.47. The fourth-order valence-corrected chi connectivity index (χ4v) is 3.87. The maximum Gasteiger partial charge on any atom is 0.228 e. The van der Waals surface area contributed by atoms with Crippen LogP contribution in [0.5, 0.6) is 0 Å². The molecule has 0 spiro atoms. The summed E-state index contributed by atoms with van der Waals surface area (Å²) < 4.78 is 13.3. The molecule has 4 heteroatoms. The van der Waals surface area contributed by atoms with Gasteiger partial charge in [0.05, 0.1) is 5.41 Å². The van der Waals surface area contributed by atoms with E-state index < -0.39 is 0 Å². The molecule has 2 fully saturated rings. The quantitative estimate of drug-likeness (QED) is 0.898. The van der Waals surface area contributed by atoms with Gasteiger partial charge in [0.15, 0.2) is 0 Å². The van der Waals surface area contributed by atoms with Gasteiger partial charge in [0.1, 0.15) is 5.82 Å². The van der Waals surface area contributed by atoms with E-state index in [-0.39, 0.29) is 17.1 Å². The first-order valence-corrected chi connectivity index (χ1v) is 7.86. The van der Waals surface area contributed by atoms with Gasteiger partial charge in [-0.15, -0.1) is 0 Å². The fourth-order valence-electron chi connectivity index (χ4n) is 3.87. The minimum Gasteiger partial charge on any atom is -0.351 e. The lowest BCUT2D eigenvalue weighted by molar-refractivity contribution is -0.134. The summed E-state index contributed by atoms with van der Waals surface area (Å²) in [5.41, 5.74) is 1.36. The van der Waals surface area contributed by atoms with Gasteiger partial charge in [0.2, 0.25) is 5.91 Å². The summed E-state index contributed by atoms with van der Waals surface area (Å²) in [5, 5.41) is 6.47. The van der Waals surface area contributed by atoms with Crippen LogP contribution in [0.3, 0.4) is 0 Å². The second-order valence-electron chi connectivity index (χ2n) is 6.50. The molecule has 1 aromatic carbocycles. The van der Waals surface area contributed by atoms with Gasteiger partial charge >= 0.3 is 0 Å². The number of carbonyl (C=O) groups excluding carboxylic acids is 1. The number of carbonyl (C=O) groups is 1. The number of nitrogens with one attached hydrogen (secondary N) is 2. The van der Waals surface area contributed by atoms with Crippen molar-refractivity contribution < 1.29 is 9.18 Å². The molecule has 3 nitrogen and oxygen atoms in total. The molecule has 1 amide bonds. The van der Waals surface area contributed by atoms with Gasteiger partial charge in [0.25, 0.3) is 0 Å². The molecule has 0 unspecified atom stereocenters. The molecular weight excluding hydrogens is 267 g/mol. The Bertz CT molecular complexity index is 546. The molecule has 1 heterocycles. The first-order valence-electron chi connectivity index (χ1n) is 7.86. The number of aryl methyl sites for hydroxylation is 1. The van der Waals surface area contributed by atoms with Gasteiger partial charge < -0.3 is 10.6 Å². The fraction of sp³-hybridized carbons (Fsp3) is 0.588. The van der Waals surface area contributed by atoms with Crippen LogP contribution in [0, 0.1) is 24.1 Å². The number of rotatable bonds is 3. The molecule has 1 saturated carbocycles. The van der Waals surface area contributed by atoms with Crippen molar-refractivity contribution in [3.8, 4) is 0 Å². The van der Waals surface area contributed by atoms with Crippen molar-refractivity contribution in [3.05, 3.63) is 35.1 Å². The van der Waals surface area contributed by atoms with Crippen molar-refractivity contribution in [1.82, 2.24) is 10.6 Å². The van der Waals surface area contributed by atoms with Crippen molar-refractivity contribution in [1.29, 1.82) is 0 Å². The molecule has 1 saturated heterocycles. The molecule has 2 aliphatic rings. The molecule has 2 atom stereocenters. The molecule has 0 bridgehead atoms. The highest BCUT2D eigenvalue weighted by Crippen LogP contribution is 2.43. The first-order chi connectivity index (χ1) is 10.1. The Morgan fingerprint density at radius 3 is 3.14 bits per heavy atom. The SMILES string of the molecule is Cc1cc(CNC(=O)[C@@]23CCCC[C@H]2CNC3)ccc1F. The average Bonchev–Trinajstić information content (AvgIpc) is 2.93. The molecule has 2 N–H and O–H groups in total. The van der Waals surface area contributed by atoms with E-state index in [9.17, 15) is 9.18 Å². The number of amides is 1. The second kappa shape index (κ2) is 5.76. The number of benzene rings is 1. The highest BCUT2D eigenvalue weighted by Gasteiger charge is 2.49. The summed E-state index contributed by atoms with van der Waals surface area (Å²) in [5.74, 6) is 0.441. The highest BCUT2D eigenvalue weighted by atomic mass is 19.1. The molecular formula is C17H23FN2O. The van der Waals surface area contributed by atoms with Crippen molar-refractivity contribution in [3.63, 3.8) is 0 Å². The largest absolute Gasteiger partial charge is 0.351 e. The molecule has 1 aromatic rings. The van der Waals surface area contributed by atoms with Crippen LogP contribution in [0.15, 0.2) is 18.2 Å². The first kappa shape index (κ1) is 14.5. The Kier molecular flexibility index (Phi) is 3.98. The third-order valence-electron chi connectivity index (χ3n) is 5.17. The average molecular weight is 290 g/mol. The summed E-state index contributed by atoms with van der Waals surface area (Å²) in [6, 6.07) is 5.01. The summed E-state index contributed by atoms with van der Waals surface area (Å²) in [7, 11) is 0. The van der Waals surface area contributed by atoms with E-state index in [0.29, 0.717) is 18.0 Å². The van der Waals surface area contributed by atoms with Gasteiger partial charge in [-0.25, -0.2) is 4.39 Å². The Hall–Kier alpha value is -1.42. The maximum absolute atomic E-state index is 13.3. The molecule has 0 radical (unpaired) electrons. The van der Waals surface area contributed by atoms with Crippen LogP contribution in [0.1, 0.15) is 36.8 Å². The zero-order valence-electron chi connectivity index (χ0n) is 12.5. The molecule has 21 heavy (non-hydrogen) atoms. The predicted molar refractivity (Wildman–Crippen MR) is 80.2 cm³/mol. The zero-order chi connectivity index (χ0) is 14.9. The van der Waals surface area contributed by atoms with E-state index >= 15 is 0 Å². The standard InChI is InChI=1S/C17H23FN2O/c1-12-8-13(5-6-15(12)18)9-20-16(21)17-7-3-2-4-14(17)10-19-11-17/h5-6,8,14,19H,2-4,7,9-11H2,1H3,(H,20,21)/t14-,17+/m0/s1. The van der Waals surface area contributed by atoms with Crippen LogP contribution in [0.25, 0.3) is 0 Å². The van der Waals surface area contributed by atoms with Crippen molar-refractivity contribution in [2.75, 3.05) is 13.1 Å². The number of fused-ring (bicyclic) bond motifs is 1. The lowest BCUT2D eigenvalue weighted by Gasteiger charge is -2.37. The number of hydrogen-bond donors (Lipinski definition) is 2. The van der Waals surface area contributed by atoms with E-state index in [0.717, 1.165) is 37.9 Å². The summed E-state index contributed by atoms with van der Waals surface area (Å²) in [6.07, 6.45) is 4.51. The normalized spacial score (nSPS) is 28.2. The van der Waals surface area contributed by atoms with E-state index in [1.54, 1.807) is 19.1 Å². The molecule has 1 aliphatic heterocycles. The Morgan fingerprint density at radius 1 is 1.48 bits per heavy atom. The summed E-state index contributed by atoms with van der Waals surface area (Å²) in [4.78, 5) is 12.7. The van der Waals surface area contributed by atoms with Crippen LogP contribution in [0.2, 0.25) is 0 Å². The second-order valence-corrected chi connectivity index (χ2v) is 6.50. The maximum atomic E-state index is 13.3. The van der Waals surface area contributed by atoms with Gasteiger partial charge in [0, 0.05) is 13.1 Å². The Balaban J connectivity index is 1.67. The highest BCUT2D eigenvalue weighted by molar-refractivity contribution is 5.83. The van der Waals surface area contributed by atoms with Crippen molar-refractivity contribution in [2.45, 2.75) is 39.2 Å². The molecule has 114 valence electrons. The van der Waals surface area contributed by atoms with Crippen molar-refractivity contribution in [2.24, 2.45) is 11.3 Å². The molecule has 0 aromatic heterocycles. The smallest absolute Gasteiger partial charge is 0.228 e. The molecule has 3 rings (SSSR count). The summed E-state index contributed by atoms with van der Waals surface area (Å²) >= 11 is 0. The van der Waals surface area contributed by atoms with E-state index in [1.807, 2.05) is 0 Å². The number of hydrogen-bond acceptors (Lipinski definition) is 2. The predicted octanol–water partition coefficient (Wildman–Crippen LogP) is 2.53. The lowest BCUT2D eigenvalue weighted by atomic mass is 9.67.